The average Bonchev–Trinajstić information content (AvgIpc) is 3.09. The number of rotatable bonds is 4. The fourth-order valence-electron chi connectivity index (χ4n) is 2.86. The number of hydrogen-bond acceptors (Lipinski definition) is 4. The van der Waals surface area contributed by atoms with Crippen LogP contribution in [0.1, 0.15) is 17.2 Å². The normalized spacial score (nSPS) is 10.6. The molecule has 0 bridgehead atoms. The molecule has 2 heterocycles. The predicted molar refractivity (Wildman–Crippen MR) is 104 cm³/mol. The van der Waals surface area contributed by atoms with Crippen LogP contribution in [0.25, 0.3) is 11.2 Å². The van der Waals surface area contributed by atoms with Crippen molar-refractivity contribution < 1.29 is 0 Å². The van der Waals surface area contributed by atoms with E-state index in [4.69, 9.17) is 5.73 Å². The number of hydrogen-bond donors (Lipinski definition) is 3. The van der Waals surface area contributed by atoms with Crippen LogP contribution in [0.4, 0.5) is 11.5 Å². The monoisotopic (exact) mass is 351 g/mol. The molecule has 0 aliphatic carbocycles. The van der Waals surface area contributed by atoms with E-state index in [1.165, 1.54) is 11.1 Å². The summed E-state index contributed by atoms with van der Waals surface area (Å²) in [5.74, 6) is 0.442. The van der Waals surface area contributed by atoms with Gasteiger partial charge in [0.2, 0.25) is 0 Å². The Morgan fingerprint density at radius 3 is 2.12 bits per heavy atom. The molecule has 0 fully saturated rings. The lowest BCUT2D eigenvalue weighted by Crippen LogP contribution is -2.13. The first-order valence-electron chi connectivity index (χ1n) is 7.77. The number of halogens is 1. The SMILES string of the molecule is Cl.Nc1cc(NC(c2ccccc2)c2ccccc2)c2[nH]cnc2n1. The third kappa shape index (κ3) is 3.41. The zero-order chi connectivity index (χ0) is 16.4. The van der Waals surface area contributed by atoms with Gasteiger partial charge in [-0.15, -0.1) is 12.4 Å². The van der Waals surface area contributed by atoms with Gasteiger partial charge < -0.3 is 16.0 Å². The summed E-state index contributed by atoms with van der Waals surface area (Å²) in [4.78, 5) is 11.6. The Bertz CT molecular complexity index is 914. The molecule has 0 radical (unpaired) electrons. The molecule has 0 atom stereocenters. The van der Waals surface area contributed by atoms with Gasteiger partial charge in [-0.25, -0.2) is 9.97 Å². The minimum absolute atomic E-state index is 0. The number of benzene rings is 2. The van der Waals surface area contributed by atoms with Crippen LogP contribution < -0.4 is 11.1 Å². The number of fused-ring (bicyclic) bond motifs is 1. The van der Waals surface area contributed by atoms with E-state index in [0.29, 0.717) is 11.5 Å². The number of nitrogen functional groups attached to an aromatic ring is 1. The molecule has 4 aromatic rings. The molecule has 2 aromatic heterocycles. The molecule has 0 aliphatic heterocycles. The first-order chi connectivity index (χ1) is 11.8. The number of aromatic amines is 1. The first-order valence-corrected chi connectivity index (χ1v) is 7.77. The van der Waals surface area contributed by atoms with Crippen molar-refractivity contribution in [3.8, 4) is 0 Å². The first kappa shape index (κ1) is 16.8. The van der Waals surface area contributed by atoms with E-state index in [1.54, 1.807) is 6.33 Å². The van der Waals surface area contributed by atoms with Gasteiger partial charge in [-0.2, -0.15) is 0 Å². The highest BCUT2D eigenvalue weighted by Gasteiger charge is 2.16. The highest BCUT2D eigenvalue weighted by molar-refractivity contribution is 5.87. The van der Waals surface area contributed by atoms with Crippen LogP contribution in [0.15, 0.2) is 73.1 Å². The fourth-order valence-corrected chi connectivity index (χ4v) is 2.86. The number of imidazole rings is 1. The largest absolute Gasteiger partial charge is 0.384 e. The summed E-state index contributed by atoms with van der Waals surface area (Å²) in [5.41, 5.74) is 10.6. The third-order valence-corrected chi connectivity index (χ3v) is 3.98. The summed E-state index contributed by atoms with van der Waals surface area (Å²) in [5, 5.41) is 3.59. The summed E-state index contributed by atoms with van der Waals surface area (Å²) in [6.07, 6.45) is 1.63. The van der Waals surface area contributed by atoms with Gasteiger partial charge in [0, 0.05) is 6.07 Å². The fraction of sp³-hybridized carbons (Fsp3) is 0.0526. The van der Waals surface area contributed by atoms with E-state index in [2.05, 4.69) is 44.5 Å². The maximum atomic E-state index is 5.93. The van der Waals surface area contributed by atoms with Gasteiger partial charge in [0.1, 0.15) is 11.3 Å². The third-order valence-electron chi connectivity index (χ3n) is 3.98. The summed E-state index contributed by atoms with van der Waals surface area (Å²) in [6.45, 7) is 0. The van der Waals surface area contributed by atoms with Crippen molar-refractivity contribution in [1.29, 1.82) is 0 Å². The molecule has 6 heteroatoms. The van der Waals surface area contributed by atoms with Crippen LogP contribution in [0.2, 0.25) is 0 Å². The highest BCUT2D eigenvalue weighted by Crippen LogP contribution is 2.30. The quantitative estimate of drug-likeness (QED) is 0.515. The zero-order valence-corrected chi connectivity index (χ0v) is 14.2. The maximum absolute atomic E-state index is 5.93. The molecule has 0 saturated carbocycles. The molecular formula is C19H18ClN5. The number of H-pyrrole nitrogens is 1. The molecule has 0 saturated heterocycles. The van der Waals surface area contributed by atoms with Crippen molar-refractivity contribution in [2.75, 3.05) is 11.1 Å². The maximum Gasteiger partial charge on any atom is 0.181 e. The number of pyridine rings is 1. The van der Waals surface area contributed by atoms with Gasteiger partial charge in [-0.05, 0) is 11.1 Å². The van der Waals surface area contributed by atoms with Gasteiger partial charge >= 0.3 is 0 Å². The molecule has 25 heavy (non-hydrogen) atoms. The molecule has 0 amide bonds. The van der Waals surface area contributed by atoms with Gasteiger partial charge in [0.05, 0.1) is 18.1 Å². The Labute approximate surface area is 151 Å². The zero-order valence-electron chi connectivity index (χ0n) is 13.4. The summed E-state index contributed by atoms with van der Waals surface area (Å²) >= 11 is 0. The number of anilines is 2. The van der Waals surface area contributed by atoms with Crippen LogP contribution >= 0.6 is 12.4 Å². The minimum Gasteiger partial charge on any atom is -0.384 e. The Kier molecular flexibility index (Phi) is 4.86. The van der Waals surface area contributed by atoms with E-state index >= 15 is 0 Å². The number of aromatic nitrogens is 3. The van der Waals surface area contributed by atoms with Crippen LogP contribution in [0.5, 0.6) is 0 Å². The van der Waals surface area contributed by atoms with Crippen LogP contribution in [0, 0.1) is 0 Å². The summed E-state index contributed by atoms with van der Waals surface area (Å²) in [6, 6.07) is 22.5. The van der Waals surface area contributed by atoms with E-state index in [-0.39, 0.29) is 18.4 Å². The number of nitrogens with zero attached hydrogens (tertiary/aromatic N) is 2. The smallest absolute Gasteiger partial charge is 0.181 e. The Hall–Kier alpha value is -3.05. The van der Waals surface area contributed by atoms with Crippen LogP contribution in [-0.4, -0.2) is 15.0 Å². The van der Waals surface area contributed by atoms with Crippen molar-refractivity contribution >= 4 is 35.1 Å². The van der Waals surface area contributed by atoms with Crippen molar-refractivity contribution in [3.63, 3.8) is 0 Å². The Morgan fingerprint density at radius 2 is 1.52 bits per heavy atom. The second-order valence-electron chi connectivity index (χ2n) is 5.59. The molecule has 2 aromatic carbocycles. The number of nitrogens with two attached hydrogens (primary N) is 1. The Morgan fingerprint density at radius 1 is 0.920 bits per heavy atom. The molecule has 0 aliphatic rings. The summed E-state index contributed by atoms with van der Waals surface area (Å²) in [7, 11) is 0. The molecule has 5 nitrogen and oxygen atoms in total. The van der Waals surface area contributed by atoms with E-state index in [9.17, 15) is 0 Å². The molecule has 0 unspecified atom stereocenters. The Balaban J connectivity index is 0.00000182. The molecule has 0 spiro atoms. The van der Waals surface area contributed by atoms with Crippen LogP contribution in [0.3, 0.4) is 0 Å². The molecule has 126 valence electrons. The lowest BCUT2D eigenvalue weighted by atomic mass is 9.98. The van der Waals surface area contributed by atoms with Crippen molar-refractivity contribution in [2.45, 2.75) is 6.04 Å². The van der Waals surface area contributed by atoms with Gasteiger partial charge in [0.25, 0.3) is 0 Å². The minimum atomic E-state index is 0. The second kappa shape index (κ2) is 7.23. The standard InChI is InChI=1S/C19H17N5.ClH/c20-16-11-15(18-19(24-16)22-12-21-18)23-17(13-7-3-1-4-8-13)14-9-5-2-6-10-14;/h1-12,17H,(H4,20,21,22,23,24);1H. The van der Waals surface area contributed by atoms with Crippen LogP contribution in [-0.2, 0) is 0 Å². The lowest BCUT2D eigenvalue weighted by Gasteiger charge is -2.21. The van der Waals surface area contributed by atoms with Crippen molar-refractivity contribution in [3.05, 3.63) is 84.2 Å². The van der Waals surface area contributed by atoms with Gasteiger partial charge in [0.15, 0.2) is 5.65 Å². The van der Waals surface area contributed by atoms with E-state index < -0.39 is 0 Å². The van der Waals surface area contributed by atoms with E-state index in [1.807, 2.05) is 42.5 Å². The number of nitrogens with one attached hydrogen (secondary N) is 2. The lowest BCUT2D eigenvalue weighted by molar-refractivity contribution is 0.940. The topological polar surface area (TPSA) is 79.6 Å². The second-order valence-corrected chi connectivity index (χ2v) is 5.59. The van der Waals surface area contributed by atoms with Crippen molar-refractivity contribution in [2.24, 2.45) is 0 Å². The van der Waals surface area contributed by atoms with Gasteiger partial charge in [-0.3, -0.25) is 0 Å². The molecule has 4 N–H and O–H groups in total. The predicted octanol–water partition coefficient (Wildman–Crippen LogP) is 4.16. The molecular weight excluding hydrogens is 334 g/mol. The summed E-state index contributed by atoms with van der Waals surface area (Å²) < 4.78 is 0. The molecule has 4 rings (SSSR count). The van der Waals surface area contributed by atoms with E-state index in [0.717, 1.165) is 11.2 Å². The average molecular weight is 352 g/mol. The van der Waals surface area contributed by atoms with Crippen molar-refractivity contribution in [1.82, 2.24) is 15.0 Å². The van der Waals surface area contributed by atoms with Gasteiger partial charge in [-0.1, -0.05) is 60.7 Å². The highest BCUT2D eigenvalue weighted by atomic mass is 35.5.